The van der Waals surface area contributed by atoms with Crippen LogP contribution in [0.2, 0.25) is 0 Å². The van der Waals surface area contributed by atoms with Crippen molar-refractivity contribution in [1.29, 1.82) is 0 Å². The molecule has 1 aliphatic carbocycles. The molecule has 1 aromatic heterocycles. The lowest BCUT2D eigenvalue weighted by molar-refractivity contribution is -0.123. The maximum Gasteiger partial charge on any atom is 0.343 e. The van der Waals surface area contributed by atoms with Gasteiger partial charge in [0.1, 0.15) is 24.7 Å². The maximum absolute atomic E-state index is 12.2. The number of hydrogen-bond donors (Lipinski definition) is 2. The Morgan fingerprint density at radius 2 is 2.17 bits per heavy atom. The van der Waals surface area contributed by atoms with Crippen LogP contribution in [-0.2, 0) is 11.3 Å². The molecule has 0 unspecified atom stereocenters. The van der Waals surface area contributed by atoms with Gasteiger partial charge in [-0.1, -0.05) is 24.6 Å². The Morgan fingerprint density at radius 1 is 1.38 bits per heavy atom. The average molecular weight is 330 g/mol. The average Bonchev–Trinajstić information content (AvgIpc) is 2.96. The number of carbonyl (C=O) groups excluding carboxylic acids is 1. The highest BCUT2D eigenvalue weighted by Gasteiger charge is 2.28. The number of aryl methyl sites for hydroxylation is 1. The fourth-order valence-electron chi connectivity index (χ4n) is 3.04. The molecular weight excluding hydrogens is 308 g/mol. The quantitative estimate of drug-likeness (QED) is 0.867. The minimum absolute atomic E-state index is 0.0388. The van der Waals surface area contributed by atoms with Crippen LogP contribution in [0.1, 0.15) is 31.2 Å². The van der Waals surface area contributed by atoms with Crippen LogP contribution in [-0.4, -0.2) is 32.8 Å². The van der Waals surface area contributed by atoms with Gasteiger partial charge < -0.3 is 10.1 Å². The van der Waals surface area contributed by atoms with E-state index in [-0.39, 0.29) is 30.3 Å². The lowest BCUT2D eigenvalue weighted by atomic mass is 9.92. The molecule has 0 radical (unpaired) electrons. The first-order valence-corrected chi connectivity index (χ1v) is 8.25. The summed E-state index contributed by atoms with van der Waals surface area (Å²) in [4.78, 5) is 23.7. The number of nitrogens with one attached hydrogen (secondary N) is 2. The number of aromatic amines is 1. The molecule has 7 nitrogen and oxygen atoms in total. The van der Waals surface area contributed by atoms with Crippen LogP contribution in [0.5, 0.6) is 5.75 Å². The molecule has 1 heterocycles. The largest absolute Gasteiger partial charge is 0.488 e. The smallest absolute Gasteiger partial charge is 0.343 e. The van der Waals surface area contributed by atoms with E-state index in [0.29, 0.717) is 0 Å². The Bertz CT molecular complexity index is 752. The molecule has 2 N–H and O–H groups in total. The van der Waals surface area contributed by atoms with Gasteiger partial charge in [-0.3, -0.25) is 9.36 Å². The molecule has 1 aromatic carbocycles. The molecule has 1 amide bonds. The van der Waals surface area contributed by atoms with Crippen molar-refractivity contribution in [2.75, 3.05) is 0 Å². The summed E-state index contributed by atoms with van der Waals surface area (Å²) in [7, 11) is 0. The van der Waals surface area contributed by atoms with Crippen LogP contribution in [0.25, 0.3) is 0 Å². The van der Waals surface area contributed by atoms with E-state index in [1.54, 1.807) is 0 Å². The first-order valence-electron chi connectivity index (χ1n) is 8.25. The summed E-state index contributed by atoms with van der Waals surface area (Å²) in [5.41, 5.74) is 0.694. The Hall–Kier alpha value is -2.57. The highest BCUT2D eigenvalue weighted by atomic mass is 16.5. The van der Waals surface area contributed by atoms with Crippen molar-refractivity contribution in [3.8, 4) is 5.75 Å². The van der Waals surface area contributed by atoms with E-state index in [9.17, 15) is 9.59 Å². The van der Waals surface area contributed by atoms with Gasteiger partial charge in [0.25, 0.3) is 0 Å². The van der Waals surface area contributed by atoms with Gasteiger partial charge in [-0.2, -0.15) is 5.10 Å². The number of nitrogens with zero attached hydrogens (tertiary/aromatic N) is 2. The van der Waals surface area contributed by atoms with Gasteiger partial charge in [0.15, 0.2) is 0 Å². The first-order chi connectivity index (χ1) is 11.6. The van der Waals surface area contributed by atoms with E-state index in [4.69, 9.17) is 4.74 Å². The summed E-state index contributed by atoms with van der Waals surface area (Å²) in [5.74, 6) is 0.651. The van der Waals surface area contributed by atoms with Crippen molar-refractivity contribution >= 4 is 5.91 Å². The van der Waals surface area contributed by atoms with E-state index in [2.05, 4.69) is 15.5 Å². The van der Waals surface area contributed by atoms with Gasteiger partial charge >= 0.3 is 5.69 Å². The van der Waals surface area contributed by atoms with Gasteiger partial charge in [-0.05, 0) is 37.8 Å². The van der Waals surface area contributed by atoms with Crippen LogP contribution in [0.4, 0.5) is 0 Å². The molecule has 0 bridgehead atoms. The number of benzene rings is 1. The van der Waals surface area contributed by atoms with Gasteiger partial charge in [0.2, 0.25) is 5.91 Å². The second-order valence-electron chi connectivity index (χ2n) is 6.17. The summed E-state index contributed by atoms with van der Waals surface area (Å²) < 4.78 is 7.40. The fourth-order valence-corrected chi connectivity index (χ4v) is 3.04. The van der Waals surface area contributed by atoms with Gasteiger partial charge in [-0.25, -0.2) is 9.89 Å². The van der Waals surface area contributed by atoms with Gasteiger partial charge in [0.05, 0.1) is 6.04 Å². The van der Waals surface area contributed by atoms with Crippen LogP contribution < -0.4 is 15.7 Å². The van der Waals surface area contributed by atoms with E-state index in [0.717, 1.165) is 37.0 Å². The third-order valence-electron chi connectivity index (χ3n) is 4.35. The van der Waals surface area contributed by atoms with Crippen molar-refractivity contribution < 1.29 is 9.53 Å². The first kappa shape index (κ1) is 16.3. The number of rotatable bonds is 5. The molecule has 2 aromatic rings. The Kier molecular flexibility index (Phi) is 4.98. The van der Waals surface area contributed by atoms with E-state index in [1.165, 1.54) is 10.9 Å². The summed E-state index contributed by atoms with van der Waals surface area (Å²) in [6.45, 7) is 1.97. The maximum atomic E-state index is 12.2. The molecule has 0 spiro atoms. The summed E-state index contributed by atoms with van der Waals surface area (Å²) in [6, 6.07) is 7.84. The standard InChI is InChI=1S/C17H22N4O3/c1-12-6-2-4-8-14(12)24-15-9-5-3-7-13(15)19-16(22)10-21-11-18-20-17(21)23/h2,4,6,8,11,13,15H,3,5,7,9-10H2,1H3,(H,19,22)(H,20,23)/t13-,15-/m1/s1. The van der Waals surface area contributed by atoms with E-state index in [1.807, 2.05) is 31.2 Å². The van der Waals surface area contributed by atoms with E-state index < -0.39 is 0 Å². The predicted octanol–water partition coefficient (Wildman–Crippen LogP) is 1.39. The Morgan fingerprint density at radius 3 is 2.92 bits per heavy atom. The molecule has 24 heavy (non-hydrogen) atoms. The zero-order chi connectivity index (χ0) is 16.9. The molecule has 3 rings (SSSR count). The van der Waals surface area contributed by atoms with Crippen molar-refractivity contribution in [2.45, 2.75) is 51.3 Å². The molecule has 7 heteroatoms. The SMILES string of the molecule is Cc1ccccc1O[C@@H]1CCCC[C@H]1NC(=O)Cn1cn[nH]c1=O. The van der Waals surface area contributed by atoms with Crippen molar-refractivity contribution in [1.82, 2.24) is 20.1 Å². The lowest BCUT2D eigenvalue weighted by Gasteiger charge is -2.33. The number of H-pyrrole nitrogens is 1. The predicted molar refractivity (Wildman–Crippen MR) is 88.8 cm³/mol. The van der Waals surface area contributed by atoms with Gasteiger partial charge in [0, 0.05) is 0 Å². The normalized spacial score (nSPS) is 20.5. The van der Waals surface area contributed by atoms with Crippen LogP contribution >= 0.6 is 0 Å². The molecule has 1 saturated carbocycles. The fraction of sp³-hybridized carbons (Fsp3) is 0.471. The molecule has 2 atom stereocenters. The highest BCUT2D eigenvalue weighted by molar-refractivity contribution is 5.76. The van der Waals surface area contributed by atoms with Crippen molar-refractivity contribution in [2.24, 2.45) is 0 Å². The number of ether oxygens (including phenoxy) is 1. The number of amides is 1. The molecular formula is C17H22N4O3. The second kappa shape index (κ2) is 7.33. The summed E-state index contributed by atoms with van der Waals surface area (Å²) >= 11 is 0. The summed E-state index contributed by atoms with van der Waals surface area (Å²) in [6.07, 6.45) is 5.20. The lowest BCUT2D eigenvalue weighted by Crippen LogP contribution is -2.49. The number of para-hydroxylation sites is 1. The minimum atomic E-state index is -0.387. The van der Waals surface area contributed by atoms with Crippen LogP contribution in [0, 0.1) is 6.92 Å². The van der Waals surface area contributed by atoms with Crippen LogP contribution in [0.15, 0.2) is 35.4 Å². The molecule has 0 saturated heterocycles. The zero-order valence-electron chi connectivity index (χ0n) is 13.7. The molecule has 0 aliphatic heterocycles. The summed E-state index contributed by atoms with van der Waals surface area (Å²) in [5, 5.41) is 8.91. The zero-order valence-corrected chi connectivity index (χ0v) is 13.7. The minimum Gasteiger partial charge on any atom is -0.488 e. The third kappa shape index (κ3) is 3.84. The van der Waals surface area contributed by atoms with Gasteiger partial charge in [-0.15, -0.1) is 0 Å². The molecule has 1 fully saturated rings. The van der Waals surface area contributed by atoms with E-state index >= 15 is 0 Å². The number of aromatic nitrogens is 3. The van der Waals surface area contributed by atoms with Crippen LogP contribution in [0.3, 0.4) is 0 Å². The number of hydrogen-bond acceptors (Lipinski definition) is 4. The van der Waals surface area contributed by atoms with Crippen molar-refractivity contribution in [3.05, 3.63) is 46.6 Å². The number of carbonyl (C=O) groups is 1. The Labute approximate surface area is 140 Å². The topological polar surface area (TPSA) is 89.0 Å². The van der Waals surface area contributed by atoms with Crippen molar-refractivity contribution in [3.63, 3.8) is 0 Å². The molecule has 1 aliphatic rings. The monoisotopic (exact) mass is 330 g/mol. The second-order valence-corrected chi connectivity index (χ2v) is 6.17. The third-order valence-corrected chi connectivity index (χ3v) is 4.35. The highest BCUT2D eigenvalue weighted by Crippen LogP contribution is 2.26. The molecule has 128 valence electrons. The Balaban J connectivity index is 1.64.